The molecule has 0 aliphatic carbocycles. The van der Waals surface area contributed by atoms with E-state index in [0.717, 1.165) is 13.2 Å². The Bertz CT molecular complexity index is 160. The van der Waals surface area contributed by atoms with Gasteiger partial charge in [-0.25, -0.2) is 0 Å². The summed E-state index contributed by atoms with van der Waals surface area (Å²) in [4.78, 5) is 0. The first-order chi connectivity index (χ1) is 8.99. The summed E-state index contributed by atoms with van der Waals surface area (Å²) in [5, 5.41) is 0. The van der Waals surface area contributed by atoms with Crippen LogP contribution in [0.1, 0.15) is 34.6 Å². The summed E-state index contributed by atoms with van der Waals surface area (Å²) < 4.78 is 26.6. The van der Waals surface area contributed by atoms with Gasteiger partial charge in [-0.05, 0) is 41.2 Å². The van der Waals surface area contributed by atoms with Crippen LogP contribution in [0, 0.1) is 0 Å². The van der Waals surface area contributed by atoms with Gasteiger partial charge in [0.05, 0.1) is 0 Å². The monoisotopic (exact) mass is 312 g/mol. The van der Waals surface area contributed by atoms with Gasteiger partial charge in [-0.2, -0.15) is 0 Å². The molecule has 0 N–H and O–H groups in total. The maximum Gasteiger partial charge on any atom is 0.497 e. The van der Waals surface area contributed by atoms with Gasteiger partial charge < -0.3 is 22.1 Å². The maximum atomic E-state index is 5.40. The van der Waals surface area contributed by atoms with Crippen molar-refractivity contribution in [1.29, 1.82) is 0 Å². The van der Waals surface area contributed by atoms with E-state index in [1.54, 1.807) is 0 Å². The van der Waals surface area contributed by atoms with E-state index in [4.69, 9.17) is 22.1 Å². The van der Waals surface area contributed by atoms with Crippen molar-refractivity contribution in [3.05, 3.63) is 0 Å². The molecular formula is C12H32O5Si2. The van der Waals surface area contributed by atoms with Crippen LogP contribution in [0.15, 0.2) is 0 Å². The molecule has 0 heterocycles. The fraction of sp³-hybridized carbons (Fsp3) is 1.00. The predicted octanol–water partition coefficient (Wildman–Crippen LogP) is 2.57. The molecule has 19 heavy (non-hydrogen) atoms. The lowest BCUT2D eigenvalue weighted by Crippen LogP contribution is -2.42. The van der Waals surface area contributed by atoms with Crippen molar-refractivity contribution in [1.82, 2.24) is 0 Å². The van der Waals surface area contributed by atoms with E-state index in [1.807, 2.05) is 47.7 Å². The molecule has 0 fully saturated rings. The molecule has 0 saturated heterocycles. The van der Waals surface area contributed by atoms with Crippen molar-refractivity contribution >= 4 is 18.1 Å². The van der Waals surface area contributed by atoms with E-state index in [2.05, 4.69) is 0 Å². The van der Waals surface area contributed by atoms with Crippen molar-refractivity contribution in [3.8, 4) is 0 Å². The molecule has 0 amide bonds. The largest absolute Gasteiger partial charge is 0.497 e. The van der Waals surface area contributed by atoms with Gasteiger partial charge in [0.15, 0.2) is 0 Å². The van der Waals surface area contributed by atoms with Crippen molar-refractivity contribution in [2.24, 2.45) is 0 Å². The minimum Gasteiger partial charge on any atom is -0.397 e. The Hall–Kier alpha value is 0.234. The molecule has 0 aliphatic heterocycles. The second-order valence-electron chi connectivity index (χ2n) is 3.64. The molecule has 0 saturated carbocycles. The third-order valence-electron chi connectivity index (χ3n) is 2.02. The van der Waals surface area contributed by atoms with E-state index in [-0.39, 0.29) is 0 Å². The molecule has 118 valence electrons. The Morgan fingerprint density at radius 3 is 1.21 bits per heavy atom. The van der Waals surface area contributed by atoms with E-state index < -0.39 is 18.1 Å². The molecule has 0 aromatic carbocycles. The van der Waals surface area contributed by atoms with Gasteiger partial charge in [-0.15, -0.1) is 0 Å². The average molecular weight is 313 g/mol. The summed E-state index contributed by atoms with van der Waals surface area (Å²) in [5.74, 6) is 0. The molecule has 0 aromatic heterocycles. The zero-order valence-corrected chi connectivity index (χ0v) is 15.8. The van der Waals surface area contributed by atoms with Crippen LogP contribution in [0.25, 0.3) is 0 Å². The van der Waals surface area contributed by atoms with E-state index in [9.17, 15) is 0 Å². The second-order valence-corrected chi connectivity index (χ2v) is 8.03. The highest BCUT2D eigenvalue weighted by Gasteiger charge is 2.32. The van der Waals surface area contributed by atoms with Crippen LogP contribution < -0.4 is 0 Å². The van der Waals surface area contributed by atoms with Gasteiger partial charge in [0.1, 0.15) is 0 Å². The number of rotatable bonds is 10. The molecule has 0 radical (unpaired) electrons. The summed E-state index contributed by atoms with van der Waals surface area (Å²) in [6.45, 7) is 17.3. The fourth-order valence-corrected chi connectivity index (χ4v) is 4.29. The second kappa shape index (κ2) is 14.6. The Morgan fingerprint density at radius 1 is 0.684 bits per heavy atom. The average Bonchev–Trinajstić information content (AvgIpc) is 2.31. The lowest BCUT2D eigenvalue weighted by Gasteiger charge is -2.23. The lowest BCUT2D eigenvalue weighted by molar-refractivity contribution is 0.0783. The summed E-state index contributed by atoms with van der Waals surface area (Å²) in [6, 6.07) is 0. The molecule has 0 spiro atoms. The Labute approximate surface area is 121 Å². The molecular weight excluding hydrogens is 280 g/mol. The minimum absolute atomic E-state index is 0.655. The molecule has 7 heteroatoms. The third kappa shape index (κ3) is 14.5. The number of hydrogen-bond donors (Lipinski definition) is 0. The first-order valence-corrected chi connectivity index (χ1v) is 11.5. The van der Waals surface area contributed by atoms with Crippen LogP contribution >= 0.6 is 0 Å². The quantitative estimate of drug-likeness (QED) is 0.580. The van der Waals surface area contributed by atoms with Gasteiger partial charge in [0.2, 0.25) is 0 Å². The summed E-state index contributed by atoms with van der Waals surface area (Å²) in [7, 11) is -3.45. The van der Waals surface area contributed by atoms with E-state index in [0.29, 0.717) is 19.8 Å². The van der Waals surface area contributed by atoms with Crippen LogP contribution in [0.3, 0.4) is 0 Å². The van der Waals surface area contributed by atoms with Crippen LogP contribution in [0.5, 0.6) is 0 Å². The molecule has 0 atom stereocenters. The molecule has 0 bridgehead atoms. The first kappa shape index (κ1) is 21.5. The molecule has 0 aliphatic rings. The predicted molar refractivity (Wildman–Crippen MR) is 82.8 cm³/mol. The standard InChI is InChI=1S/C7H18O3Si.C5H14O2Si/c1-5-8-11(4,9-6-2)10-7-3;1-4-6-8(3)7-5-2/h5-7H2,1-4H3;8H,4-5H2,1-3H3. The van der Waals surface area contributed by atoms with Crippen molar-refractivity contribution in [2.45, 2.75) is 47.7 Å². The van der Waals surface area contributed by atoms with Gasteiger partial charge in [0.25, 0.3) is 0 Å². The highest BCUT2D eigenvalue weighted by Crippen LogP contribution is 2.08. The highest BCUT2D eigenvalue weighted by atomic mass is 28.4. The molecule has 0 aromatic rings. The van der Waals surface area contributed by atoms with E-state index >= 15 is 0 Å². The smallest absolute Gasteiger partial charge is 0.397 e. The van der Waals surface area contributed by atoms with E-state index in [1.165, 1.54) is 0 Å². The molecule has 5 nitrogen and oxygen atoms in total. The zero-order valence-electron chi connectivity index (χ0n) is 13.7. The SMILES string of the molecule is CCO[SiH](C)OCC.CCO[Si](C)(OCC)OCC. The topological polar surface area (TPSA) is 46.2 Å². The van der Waals surface area contributed by atoms with Gasteiger partial charge in [-0.3, -0.25) is 0 Å². The van der Waals surface area contributed by atoms with Gasteiger partial charge in [-0.1, -0.05) is 0 Å². The van der Waals surface area contributed by atoms with Crippen LogP contribution in [0.2, 0.25) is 13.1 Å². The zero-order chi connectivity index (χ0) is 15.1. The fourth-order valence-electron chi connectivity index (χ4n) is 1.43. The van der Waals surface area contributed by atoms with Crippen molar-refractivity contribution in [2.75, 3.05) is 33.0 Å². The third-order valence-corrected chi connectivity index (χ3v) is 6.07. The highest BCUT2D eigenvalue weighted by molar-refractivity contribution is 6.59. The van der Waals surface area contributed by atoms with Crippen molar-refractivity contribution in [3.63, 3.8) is 0 Å². The lowest BCUT2D eigenvalue weighted by atomic mass is 10.9. The normalized spacial score (nSPS) is 11.4. The maximum absolute atomic E-state index is 5.40. The minimum atomic E-state index is -2.25. The number of hydrogen-bond acceptors (Lipinski definition) is 5. The summed E-state index contributed by atoms with van der Waals surface area (Å²) in [6.07, 6.45) is 0. The summed E-state index contributed by atoms with van der Waals surface area (Å²) in [5.41, 5.74) is 0. The molecule has 0 rings (SSSR count). The summed E-state index contributed by atoms with van der Waals surface area (Å²) >= 11 is 0. The Balaban J connectivity index is 0. The van der Waals surface area contributed by atoms with Crippen LogP contribution in [-0.2, 0) is 22.1 Å². The Morgan fingerprint density at radius 2 is 1.00 bits per heavy atom. The first-order valence-electron chi connectivity index (χ1n) is 7.14. The van der Waals surface area contributed by atoms with Crippen molar-refractivity contribution < 1.29 is 22.1 Å². The Kier molecular flexibility index (Phi) is 16.6. The van der Waals surface area contributed by atoms with Crippen LogP contribution in [0.4, 0.5) is 0 Å². The molecule has 0 unspecified atom stereocenters. The van der Waals surface area contributed by atoms with Crippen LogP contribution in [-0.4, -0.2) is 51.1 Å². The van der Waals surface area contributed by atoms with Gasteiger partial charge >= 0.3 is 18.1 Å². The van der Waals surface area contributed by atoms with Gasteiger partial charge in [0, 0.05) is 39.6 Å².